The lowest BCUT2D eigenvalue weighted by Crippen LogP contribution is -2.25. The molecule has 2 unspecified atom stereocenters. The second kappa shape index (κ2) is 3.72. The largest absolute Gasteiger partial charge is 0.383 e. The molecule has 0 saturated heterocycles. The standard InChI is InChI=1S/C12H17FN2/c1-7-4-12-11(5-10(7)13)14-6-8(2)9(3)15-12/h4-5,8-9,14-15H,6H2,1-3H3. The van der Waals surface area contributed by atoms with Crippen LogP contribution in [0.3, 0.4) is 0 Å². The number of hydrogen-bond donors (Lipinski definition) is 2. The number of hydrogen-bond acceptors (Lipinski definition) is 2. The lowest BCUT2D eigenvalue weighted by atomic mass is 10.0. The number of halogens is 1. The molecule has 1 aromatic rings. The van der Waals surface area contributed by atoms with Gasteiger partial charge in [-0.25, -0.2) is 4.39 Å². The van der Waals surface area contributed by atoms with Crippen LogP contribution < -0.4 is 10.6 Å². The molecule has 1 heterocycles. The fraction of sp³-hybridized carbons (Fsp3) is 0.500. The number of anilines is 2. The van der Waals surface area contributed by atoms with E-state index in [0.717, 1.165) is 17.9 Å². The molecule has 0 spiro atoms. The van der Waals surface area contributed by atoms with E-state index in [4.69, 9.17) is 0 Å². The highest BCUT2D eigenvalue weighted by Crippen LogP contribution is 2.29. The van der Waals surface area contributed by atoms with Crippen molar-refractivity contribution in [2.75, 3.05) is 17.2 Å². The van der Waals surface area contributed by atoms with Gasteiger partial charge < -0.3 is 10.6 Å². The molecule has 0 aliphatic carbocycles. The van der Waals surface area contributed by atoms with Crippen LogP contribution in [0.5, 0.6) is 0 Å². The van der Waals surface area contributed by atoms with Gasteiger partial charge in [0, 0.05) is 12.6 Å². The number of aryl methyl sites for hydroxylation is 1. The predicted octanol–water partition coefficient (Wildman–Crippen LogP) is 3.00. The van der Waals surface area contributed by atoms with Crippen molar-refractivity contribution in [1.29, 1.82) is 0 Å². The quantitative estimate of drug-likeness (QED) is 0.685. The van der Waals surface area contributed by atoms with Crippen molar-refractivity contribution in [1.82, 2.24) is 0 Å². The molecule has 0 radical (unpaired) electrons. The molecule has 2 nitrogen and oxygen atoms in total. The van der Waals surface area contributed by atoms with E-state index in [-0.39, 0.29) is 5.82 Å². The highest BCUT2D eigenvalue weighted by Gasteiger charge is 2.19. The van der Waals surface area contributed by atoms with Gasteiger partial charge in [0.05, 0.1) is 11.4 Å². The molecule has 2 N–H and O–H groups in total. The molecule has 2 rings (SSSR count). The van der Waals surface area contributed by atoms with Crippen molar-refractivity contribution < 1.29 is 4.39 Å². The van der Waals surface area contributed by atoms with Gasteiger partial charge in [-0.05, 0) is 37.5 Å². The first-order chi connectivity index (χ1) is 7.08. The lowest BCUT2D eigenvalue weighted by molar-refractivity contribution is 0.542. The van der Waals surface area contributed by atoms with Gasteiger partial charge in [0.15, 0.2) is 0 Å². The van der Waals surface area contributed by atoms with Crippen LogP contribution in [0.2, 0.25) is 0 Å². The molecule has 3 heteroatoms. The first kappa shape index (κ1) is 10.3. The first-order valence-electron chi connectivity index (χ1n) is 5.38. The van der Waals surface area contributed by atoms with Gasteiger partial charge in [-0.15, -0.1) is 0 Å². The average molecular weight is 208 g/mol. The van der Waals surface area contributed by atoms with Crippen molar-refractivity contribution >= 4 is 11.4 Å². The van der Waals surface area contributed by atoms with Crippen LogP contribution in [0.15, 0.2) is 12.1 Å². The Balaban J connectivity index is 2.39. The van der Waals surface area contributed by atoms with E-state index in [1.807, 2.05) is 6.07 Å². The van der Waals surface area contributed by atoms with Crippen molar-refractivity contribution in [3.05, 3.63) is 23.5 Å². The van der Waals surface area contributed by atoms with Gasteiger partial charge in [0.2, 0.25) is 0 Å². The van der Waals surface area contributed by atoms with Gasteiger partial charge >= 0.3 is 0 Å². The van der Waals surface area contributed by atoms with E-state index < -0.39 is 0 Å². The highest BCUT2D eigenvalue weighted by atomic mass is 19.1. The molecule has 0 saturated carbocycles. The van der Waals surface area contributed by atoms with Crippen LogP contribution >= 0.6 is 0 Å². The molecule has 2 atom stereocenters. The Hall–Kier alpha value is -1.25. The Morgan fingerprint density at radius 1 is 1.27 bits per heavy atom. The van der Waals surface area contributed by atoms with E-state index in [2.05, 4.69) is 24.5 Å². The van der Waals surface area contributed by atoms with E-state index in [1.54, 1.807) is 13.0 Å². The zero-order chi connectivity index (χ0) is 11.0. The third-order valence-corrected chi connectivity index (χ3v) is 3.15. The summed E-state index contributed by atoms with van der Waals surface area (Å²) in [5.74, 6) is 0.381. The third kappa shape index (κ3) is 1.91. The Labute approximate surface area is 89.9 Å². The number of benzene rings is 1. The van der Waals surface area contributed by atoms with E-state index >= 15 is 0 Å². The molecular formula is C12H17FN2. The summed E-state index contributed by atoms with van der Waals surface area (Å²) in [6.07, 6.45) is 0. The topological polar surface area (TPSA) is 24.1 Å². The van der Waals surface area contributed by atoms with Crippen molar-refractivity contribution in [2.24, 2.45) is 5.92 Å². The fourth-order valence-electron chi connectivity index (χ4n) is 1.78. The van der Waals surface area contributed by atoms with Gasteiger partial charge in [0.1, 0.15) is 5.82 Å². The Kier molecular flexibility index (Phi) is 2.55. The molecule has 0 fully saturated rings. The molecule has 1 aromatic carbocycles. The van der Waals surface area contributed by atoms with Gasteiger partial charge in [-0.2, -0.15) is 0 Å². The van der Waals surface area contributed by atoms with Crippen molar-refractivity contribution in [3.8, 4) is 0 Å². The zero-order valence-corrected chi connectivity index (χ0v) is 9.39. The number of rotatable bonds is 0. The Morgan fingerprint density at radius 2 is 2.00 bits per heavy atom. The normalized spacial score (nSPS) is 24.8. The van der Waals surface area contributed by atoms with Crippen LogP contribution in [0.25, 0.3) is 0 Å². The monoisotopic (exact) mass is 208 g/mol. The number of nitrogens with one attached hydrogen (secondary N) is 2. The molecule has 0 amide bonds. The van der Waals surface area contributed by atoms with Gasteiger partial charge in [-0.1, -0.05) is 6.92 Å². The van der Waals surface area contributed by atoms with E-state index in [0.29, 0.717) is 17.5 Å². The third-order valence-electron chi connectivity index (χ3n) is 3.15. The summed E-state index contributed by atoms with van der Waals surface area (Å²) in [7, 11) is 0. The summed E-state index contributed by atoms with van der Waals surface area (Å²) in [5.41, 5.74) is 2.56. The molecule has 82 valence electrons. The second-order valence-corrected chi connectivity index (χ2v) is 4.44. The maximum Gasteiger partial charge on any atom is 0.128 e. The lowest BCUT2D eigenvalue weighted by Gasteiger charge is -2.18. The summed E-state index contributed by atoms with van der Waals surface area (Å²) >= 11 is 0. The minimum atomic E-state index is -0.148. The molecule has 0 aromatic heterocycles. The summed E-state index contributed by atoms with van der Waals surface area (Å²) in [6.45, 7) is 7.00. The molecule has 15 heavy (non-hydrogen) atoms. The molecule has 0 bridgehead atoms. The number of fused-ring (bicyclic) bond motifs is 1. The van der Waals surface area contributed by atoms with Crippen LogP contribution in [-0.2, 0) is 0 Å². The molecule has 1 aliphatic rings. The van der Waals surface area contributed by atoms with Crippen molar-refractivity contribution in [3.63, 3.8) is 0 Å². The van der Waals surface area contributed by atoms with Gasteiger partial charge in [-0.3, -0.25) is 0 Å². The minimum absolute atomic E-state index is 0.148. The highest BCUT2D eigenvalue weighted by molar-refractivity contribution is 5.71. The zero-order valence-electron chi connectivity index (χ0n) is 9.39. The SMILES string of the molecule is Cc1cc2c(cc1F)NCC(C)C(C)N2. The van der Waals surface area contributed by atoms with Gasteiger partial charge in [0.25, 0.3) is 0 Å². The van der Waals surface area contributed by atoms with Crippen LogP contribution in [0.4, 0.5) is 15.8 Å². The maximum atomic E-state index is 13.4. The molecular weight excluding hydrogens is 191 g/mol. The van der Waals surface area contributed by atoms with E-state index in [9.17, 15) is 4.39 Å². The summed E-state index contributed by atoms with van der Waals surface area (Å²) < 4.78 is 13.4. The van der Waals surface area contributed by atoms with Crippen LogP contribution in [0.1, 0.15) is 19.4 Å². The van der Waals surface area contributed by atoms with Crippen molar-refractivity contribution in [2.45, 2.75) is 26.8 Å². The first-order valence-corrected chi connectivity index (χ1v) is 5.38. The Bertz CT molecular complexity index is 376. The molecule has 1 aliphatic heterocycles. The predicted molar refractivity (Wildman–Crippen MR) is 61.9 cm³/mol. The smallest absolute Gasteiger partial charge is 0.128 e. The maximum absolute atomic E-state index is 13.4. The average Bonchev–Trinajstić information content (AvgIpc) is 2.31. The van der Waals surface area contributed by atoms with Crippen LogP contribution in [-0.4, -0.2) is 12.6 Å². The fourth-order valence-corrected chi connectivity index (χ4v) is 1.78. The minimum Gasteiger partial charge on any atom is -0.383 e. The summed E-state index contributed by atoms with van der Waals surface area (Å²) in [6, 6.07) is 3.85. The van der Waals surface area contributed by atoms with Crippen LogP contribution in [0, 0.1) is 18.7 Å². The summed E-state index contributed by atoms with van der Waals surface area (Å²) in [5, 5.41) is 6.68. The van der Waals surface area contributed by atoms with E-state index in [1.165, 1.54) is 0 Å². The Morgan fingerprint density at radius 3 is 2.73 bits per heavy atom. The summed E-state index contributed by atoms with van der Waals surface area (Å²) in [4.78, 5) is 0. The second-order valence-electron chi connectivity index (χ2n) is 4.44.